The maximum atomic E-state index is 10.5. The van der Waals surface area contributed by atoms with Crippen molar-refractivity contribution in [3.8, 4) is 0 Å². The number of nitrogens with one attached hydrogen (secondary N) is 1. The molecule has 1 aromatic rings. The number of aliphatic carboxylic acids is 1. The molecule has 1 saturated heterocycles. The summed E-state index contributed by atoms with van der Waals surface area (Å²) < 4.78 is 5.73. The van der Waals surface area contributed by atoms with Gasteiger partial charge in [0.05, 0.1) is 6.42 Å². The molecule has 1 aromatic heterocycles. The van der Waals surface area contributed by atoms with E-state index in [0.717, 1.165) is 25.9 Å². The summed E-state index contributed by atoms with van der Waals surface area (Å²) in [6.45, 7) is 2.71. The van der Waals surface area contributed by atoms with Gasteiger partial charge in [-0.3, -0.25) is 9.89 Å². The molecule has 0 saturated carbocycles. The lowest BCUT2D eigenvalue weighted by Crippen LogP contribution is -2.31. The van der Waals surface area contributed by atoms with E-state index in [4.69, 9.17) is 9.84 Å². The van der Waals surface area contributed by atoms with E-state index < -0.39 is 11.6 Å². The highest BCUT2D eigenvalue weighted by atomic mass is 16.5. The van der Waals surface area contributed by atoms with E-state index in [1.54, 1.807) is 0 Å². The van der Waals surface area contributed by atoms with Crippen molar-refractivity contribution in [1.29, 1.82) is 0 Å². The molecule has 1 unspecified atom stereocenters. The first-order chi connectivity index (χ1) is 8.10. The minimum atomic E-state index is -0.830. The molecule has 1 aliphatic rings. The Bertz CT molecular complexity index is 396. The molecule has 6 heteroatoms. The number of nitrogens with zero attached hydrogens (tertiary/aromatic N) is 2. The van der Waals surface area contributed by atoms with Crippen LogP contribution in [-0.2, 0) is 21.6 Å². The molecule has 0 spiro atoms. The van der Waals surface area contributed by atoms with Crippen LogP contribution in [0, 0.1) is 0 Å². The summed E-state index contributed by atoms with van der Waals surface area (Å²) in [7, 11) is 0. The van der Waals surface area contributed by atoms with Crippen LogP contribution >= 0.6 is 0 Å². The normalized spacial score (nSPS) is 24.8. The second kappa shape index (κ2) is 4.83. The monoisotopic (exact) mass is 239 g/mol. The minimum absolute atomic E-state index is 0.0617. The van der Waals surface area contributed by atoms with Crippen LogP contribution in [0.5, 0.6) is 0 Å². The van der Waals surface area contributed by atoms with E-state index in [1.165, 1.54) is 0 Å². The van der Waals surface area contributed by atoms with Crippen molar-refractivity contribution in [2.45, 2.75) is 44.6 Å². The van der Waals surface area contributed by atoms with Crippen LogP contribution in [0.3, 0.4) is 0 Å². The van der Waals surface area contributed by atoms with Crippen molar-refractivity contribution < 1.29 is 14.6 Å². The van der Waals surface area contributed by atoms with Gasteiger partial charge in [-0.15, -0.1) is 0 Å². The van der Waals surface area contributed by atoms with E-state index in [2.05, 4.69) is 15.2 Å². The molecule has 2 rings (SSSR count). The quantitative estimate of drug-likeness (QED) is 0.825. The Morgan fingerprint density at radius 2 is 2.41 bits per heavy atom. The number of hydrogen-bond acceptors (Lipinski definition) is 4. The Kier molecular flexibility index (Phi) is 3.42. The van der Waals surface area contributed by atoms with Gasteiger partial charge in [0.2, 0.25) is 0 Å². The maximum Gasteiger partial charge on any atom is 0.303 e. The van der Waals surface area contributed by atoms with Gasteiger partial charge in [0.1, 0.15) is 11.4 Å². The van der Waals surface area contributed by atoms with Crippen molar-refractivity contribution in [3.63, 3.8) is 0 Å². The third kappa shape index (κ3) is 2.82. The van der Waals surface area contributed by atoms with E-state index in [0.29, 0.717) is 18.1 Å². The smallest absolute Gasteiger partial charge is 0.303 e. The van der Waals surface area contributed by atoms with Crippen LogP contribution in [0.2, 0.25) is 0 Å². The van der Waals surface area contributed by atoms with Gasteiger partial charge in [-0.1, -0.05) is 0 Å². The predicted octanol–water partition coefficient (Wildman–Crippen LogP) is 1.24. The molecule has 1 atom stereocenters. The van der Waals surface area contributed by atoms with E-state index in [1.807, 2.05) is 6.92 Å². The van der Waals surface area contributed by atoms with Crippen LogP contribution < -0.4 is 0 Å². The molecule has 0 radical (unpaired) electrons. The highest BCUT2D eigenvalue weighted by molar-refractivity contribution is 5.66. The fraction of sp³-hybridized carbons (Fsp3) is 0.727. The second-order valence-corrected chi connectivity index (χ2v) is 4.54. The maximum absolute atomic E-state index is 10.5. The second-order valence-electron chi connectivity index (χ2n) is 4.54. The standard InChI is InChI=1S/C11H17N3O3/c1-11(6-2-3-7-17-11)10-12-8(13-14-10)4-5-9(15)16/h2-7H2,1H3,(H,15,16)(H,12,13,14). The van der Waals surface area contributed by atoms with Crippen LogP contribution in [0.1, 0.15) is 44.3 Å². The van der Waals surface area contributed by atoms with Crippen molar-refractivity contribution in [1.82, 2.24) is 15.2 Å². The largest absolute Gasteiger partial charge is 0.481 e. The Hall–Kier alpha value is -1.43. The van der Waals surface area contributed by atoms with E-state index >= 15 is 0 Å². The molecule has 2 N–H and O–H groups in total. The molecule has 1 fully saturated rings. The van der Waals surface area contributed by atoms with Gasteiger partial charge in [-0.25, -0.2) is 4.98 Å². The molecule has 17 heavy (non-hydrogen) atoms. The molecule has 0 amide bonds. The summed E-state index contributed by atoms with van der Waals surface area (Å²) in [4.78, 5) is 14.8. The van der Waals surface area contributed by atoms with Gasteiger partial charge in [-0.05, 0) is 26.2 Å². The van der Waals surface area contributed by atoms with Crippen LogP contribution in [0.4, 0.5) is 0 Å². The zero-order chi connectivity index (χ0) is 12.3. The topological polar surface area (TPSA) is 88.1 Å². The zero-order valence-electron chi connectivity index (χ0n) is 9.90. The molecule has 0 aromatic carbocycles. The lowest BCUT2D eigenvalue weighted by Gasteiger charge is -2.30. The van der Waals surface area contributed by atoms with E-state index in [9.17, 15) is 4.79 Å². The highest BCUT2D eigenvalue weighted by Crippen LogP contribution is 2.32. The zero-order valence-corrected chi connectivity index (χ0v) is 9.90. The van der Waals surface area contributed by atoms with Crippen LogP contribution in [-0.4, -0.2) is 32.9 Å². The van der Waals surface area contributed by atoms with Crippen molar-refractivity contribution in [2.24, 2.45) is 0 Å². The molecule has 94 valence electrons. The van der Waals surface area contributed by atoms with Crippen molar-refractivity contribution in [3.05, 3.63) is 11.6 Å². The summed E-state index contributed by atoms with van der Waals surface area (Å²) in [5.41, 5.74) is -0.420. The summed E-state index contributed by atoms with van der Waals surface area (Å²) >= 11 is 0. The molecular formula is C11H17N3O3. The predicted molar refractivity (Wildman–Crippen MR) is 59.5 cm³/mol. The Morgan fingerprint density at radius 1 is 1.59 bits per heavy atom. The first kappa shape index (κ1) is 12.0. The van der Waals surface area contributed by atoms with Gasteiger partial charge < -0.3 is 9.84 Å². The number of hydrogen-bond donors (Lipinski definition) is 2. The fourth-order valence-electron chi connectivity index (χ4n) is 1.98. The molecule has 0 bridgehead atoms. The van der Waals surface area contributed by atoms with Crippen LogP contribution in [0.15, 0.2) is 0 Å². The fourth-order valence-corrected chi connectivity index (χ4v) is 1.98. The van der Waals surface area contributed by atoms with Gasteiger partial charge >= 0.3 is 5.97 Å². The average Bonchev–Trinajstić information content (AvgIpc) is 2.76. The number of aromatic nitrogens is 3. The first-order valence-corrected chi connectivity index (χ1v) is 5.88. The summed E-state index contributed by atoms with van der Waals surface area (Å²) in [5, 5.41) is 15.5. The number of aryl methyl sites for hydroxylation is 1. The average molecular weight is 239 g/mol. The number of carboxylic acid groups (broad SMARTS) is 1. The van der Waals surface area contributed by atoms with E-state index in [-0.39, 0.29) is 6.42 Å². The highest BCUT2D eigenvalue weighted by Gasteiger charge is 2.33. The number of carboxylic acids is 1. The molecule has 1 aliphatic heterocycles. The lowest BCUT2D eigenvalue weighted by molar-refractivity contribution is -0.137. The number of carbonyl (C=O) groups is 1. The van der Waals surface area contributed by atoms with Gasteiger partial charge in [0, 0.05) is 13.0 Å². The molecular weight excluding hydrogens is 222 g/mol. The Morgan fingerprint density at radius 3 is 3.06 bits per heavy atom. The number of rotatable bonds is 4. The van der Waals surface area contributed by atoms with Crippen molar-refractivity contribution in [2.75, 3.05) is 6.61 Å². The van der Waals surface area contributed by atoms with Gasteiger partial charge in [0.15, 0.2) is 5.82 Å². The number of H-pyrrole nitrogens is 1. The molecule has 2 heterocycles. The minimum Gasteiger partial charge on any atom is -0.481 e. The lowest BCUT2D eigenvalue weighted by atomic mass is 9.95. The summed E-state index contributed by atoms with van der Waals surface area (Å²) in [6.07, 6.45) is 3.52. The third-order valence-corrected chi connectivity index (χ3v) is 3.05. The Balaban J connectivity index is 2.03. The first-order valence-electron chi connectivity index (χ1n) is 5.88. The molecule has 0 aliphatic carbocycles. The third-order valence-electron chi connectivity index (χ3n) is 3.05. The summed E-state index contributed by atoms with van der Waals surface area (Å²) in [5.74, 6) is 0.415. The Labute approximate surface area is 99.4 Å². The molecule has 6 nitrogen and oxygen atoms in total. The summed E-state index contributed by atoms with van der Waals surface area (Å²) in [6, 6.07) is 0. The SMILES string of the molecule is CC1(c2n[nH]c(CCC(=O)O)n2)CCCCO1. The number of ether oxygens (including phenoxy) is 1. The van der Waals surface area contributed by atoms with Gasteiger partial charge in [0.25, 0.3) is 0 Å². The van der Waals surface area contributed by atoms with Crippen molar-refractivity contribution >= 4 is 5.97 Å². The van der Waals surface area contributed by atoms with Gasteiger partial charge in [-0.2, -0.15) is 5.10 Å². The number of aromatic amines is 1. The van der Waals surface area contributed by atoms with Crippen LogP contribution in [0.25, 0.3) is 0 Å².